The molecule has 0 aromatic rings. The second kappa shape index (κ2) is 2.14. The lowest BCUT2D eigenvalue weighted by molar-refractivity contribution is 1.52. The Labute approximate surface area is 53.3 Å². The van der Waals surface area contributed by atoms with E-state index in [9.17, 15) is 0 Å². The third-order valence-electron chi connectivity index (χ3n) is 1.73. The predicted molar refractivity (Wildman–Crippen MR) is 42.7 cm³/mol. The Balaban J connectivity index is 2.41. The molecule has 0 radical (unpaired) electrons. The molecule has 0 aromatic heterocycles. The van der Waals surface area contributed by atoms with Gasteiger partial charge >= 0.3 is 0 Å². The summed E-state index contributed by atoms with van der Waals surface area (Å²) in [6, 6.07) is 0. The average molecular weight is 130 g/mol. The van der Waals surface area contributed by atoms with E-state index in [2.05, 4.69) is 25.3 Å². The van der Waals surface area contributed by atoms with E-state index in [-0.39, 0.29) is 10.0 Å². The molecule has 1 fully saturated rings. The van der Waals surface area contributed by atoms with E-state index in [1.54, 1.807) is 0 Å². The molecule has 0 N–H and O–H groups in total. The summed E-state index contributed by atoms with van der Waals surface area (Å²) in [6.07, 6.45) is 2.21. The zero-order valence-corrected chi connectivity index (χ0v) is 6.50. The second-order valence-electron chi connectivity index (χ2n) is 2.28. The van der Waals surface area contributed by atoms with E-state index in [0.717, 1.165) is 0 Å². The Kier molecular flexibility index (Phi) is 1.66. The van der Waals surface area contributed by atoms with Crippen LogP contribution in [0.1, 0.15) is 13.8 Å². The maximum absolute atomic E-state index is 2.44. The topological polar surface area (TPSA) is 0 Å². The molecule has 0 nitrogen and oxygen atoms in total. The van der Waals surface area contributed by atoms with E-state index in [4.69, 9.17) is 0 Å². The average Bonchev–Trinajstić information content (AvgIpc) is 2.50. The van der Waals surface area contributed by atoms with Crippen LogP contribution in [0.15, 0.2) is 11.5 Å². The van der Waals surface area contributed by atoms with Crippen molar-refractivity contribution in [2.75, 3.05) is 17.3 Å². The molecular formula is C7H14S. The molecule has 0 bridgehead atoms. The molecule has 0 aliphatic carbocycles. The van der Waals surface area contributed by atoms with Crippen LogP contribution >= 0.6 is 10.0 Å². The molecule has 8 heavy (non-hydrogen) atoms. The standard InChI is InChI=1S/C7H14S/c1-3-5-8(4-2)6-7-8/h3,5H,4,6-7H2,1-2H3. The highest BCUT2D eigenvalue weighted by Gasteiger charge is 2.31. The summed E-state index contributed by atoms with van der Waals surface area (Å²) in [6.45, 7) is 4.44. The van der Waals surface area contributed by atoms with Crippen LogP contribution in [0.5, 0.6) is 0 Å². The highest BCUT2D eigenvalue weighted by molar-refractivity contribution is 8.41. The van der Waals surface area contributed by atoms with Crippen LogP contribution in [0.3, 0.4) is 0 Å². The van der Waals surface area contributed by atoms with Gasteiger partial charge in [0.05, 0.1) is 0 Å². The van der Waals surface area contributed by atoms with E-state index in [1.807, 2.05) is 0 Å². The maximum Gasteiger partial charge on any atom is -0.0114 e. The molecule has 1 aliphatic heterocycles. The summed E-state index contributed by atoms with van der Waals surface area (Å²) in [5, 5.41) is 2.44. The molecule has 1 aliphatic rings. The molecule has 0 unspecified atom stereocenters. The van der Waals surface area contributed by atoms with Crippen molar-refractivity contribution >= 4 is 10.0 Å². The molecule has 0 aromatic carbocycles. The molecular weight excluding hydrogens is 116 g/mol. The number of allylic oxidation sites excluding steroid dienone is 1. The van der Waals surface area contributed by atoms with Crippen LogP contribution < -0.4 is 0 Å². The van der Waals surface area contributed by atoms with E-state index < -0.39 is 0 Å². The molecule has 1 heteroatoms. The molecule has 0 atom stereocenters. The second-order valence-corrected chi connectivity index (χ2v) is 6.17. The Morgan fingerprint density at radius 1 is 1.50 bits per heavy atom. The lowest BCUT2D eigenvalue weighted by atomic mass is 10.8. The van der Waals surface area contributed by atoms with Crippen molar-refractivity contribution in [3.05, 3.63) is 11.5 Å². The van der Waals surface area contributed by atoms with Gasteiger partial charge in [-0.1, -0.05) is 18.4 Å². The van der Waals surface area contributed by atoms with Gasteiger partial charge in [-0.15, -0.1) is 0 Å². The normalized spacial score (nSPS) is 28.2. The maximum atomic E-state index is 2.44. The third-order valence-corrected chi connectivity index (χ3v) is 5.18. The van der Waals surface area contributed by atoms with E-state index in [1.165, 1.54) is 17.3 Å². The van der Waals surface area contributed by atoms with Crippen LogP contribution in [0, 0.1) is 0 Å². The highest BCUT2D eigenvalue weighted by atomic mass is 32.3. The van der Waals surface area contributed by atoms with Crippen LogP contribution in [-0.4, -0.2) is 17.3 Å². The first-order valence-electron chi connectivity index (χ1n) is 3.22. The van der Waals surface area contributed by atoms with Gasteiger partial charge in [0, 0.05) is 0 Å². The van der Waals surface area contributed by atoms with Gasteiger partial charge in [0.1, 0.15) is 0 Å². The van der Waals surface area contributed by atoms with Crippen LogP contribution in [0.25, 0.3) is 0 Å². The molecule has 48 valence electrons. The third kappa shape index (κ3) is 1.08. The molecule has 0 spiro atoms. The number of rotatable bonds is 2. The predicted octanol–water partition coefficient (Wildman–Crippen LogP) is 2.36. The van der Waals surface area contributed by atoms with Gasteiger partial charge in [-0.25, -0.2) is 10.0 Å². The monoisotopic (exact) mass is 130 g/mol. The van der Waals surface area contributed by atoms with Crippen molar-refractivity contribution in [1.82, 2.24) is 0 Å². The van der Waals surface area contributed by atoms with Crippen LogP contribution in [0.4, 0.5) is 0 Å². The first-order chi connectivity index (χ1) is 3.83. The zero-order valence-electron chi connectivity index (χ0n) is 5.68. The van der Waals surface area contributed by atoms with Crippen molar-refractivity contribution in [1.29, 1.82) is 0 Å². The molecule has 1 saturated heterocycles. The molecule has 0 amide bonds. The largest absolute Gasteiger partial charge is 0.220 e. The lowest BCUT2D eigenvalue weighted by Crippen LogP contribution is -1.75. The van der Waals surface area contributed by atoms with Crippen molar-refractivity contribution in [2.45, 2.75) is 13.8 Å². The number of hydrogen-bond donors (Lipinski definition) is 0. The molecule has 1 rings (SSSR count). The number of hydrogen-bond acceptors (Lipinski definition) is 0. The van der Waals surface area contributed by atoms with Crippen molar-refractivity contribution < 1.29 is 0 Å². The summed E-state index contributed by atoms with van der Waals surface area (Å²) in [5.41, 5.74) is 0. The lowest BCUT2D eigenvalue weighted by Gasteiger charge is -2.09. The fraction of sp³-hybridized carbons (Fsp3) is 0.714. The minimum atomic E-state index is -0.100. The first-order valence-corrected chi connectivity index (χ1v) is 5.42. The van der Waals surface area contributed by atoms with E-state index in [0.29, 0.717) is 0 Å². The van der Waals surface area contributed by atoms with Gasteiger partial charge in [-0.3, -0.25) is 0 Å². The summed E-state index contributed by atoms with van der Waals surface area (Å²) in [7, 11) is -0.100. The first kappa shape index (κ1) is 6.21. The Hall–Kier alpha value is 0.0900. The Morgan fingerprint density at radius 2 is 2.12 bits per heavy atom. The summed E-state index contributed by atoms with van der Waals surface area (Å²) in [5.74, 6) is 4.43. The van der Waals surface area contributed by atoms with Crippen LogP contribution in [0.2, 0.25) is 0 Å². The molecule has 1 heterocycles. The van der Waals surface area contributed by atoms with Gasteiger partial charge in [-0.05, 0) is 24.2 Å². The van der Waals surface area contributed by atoms with Crippen molar-refractivity contribution in [3.63, 3.8) is 0 Å². The Morgan fingerprint density at radius 3 is 2.25 bits per heavy atom. The van der Waals surface area contributed by atoms with Gasteiger partial charge in [0.15, 0.2) is 0 Å². The van der Waals surface area contributed by atoms with Gasteiger partial charge in [0.2, 0.25) is 0 Å². The van der Waals surface area contributed by atoms with Gasteiger partial charge < -0.3 is 0 Å². The zero-order chi connectivity index (χ0) is 6.04. The van der Waals surface area contributed by atoms with Crippen molar-refractivity contribution in [2.24, 2.45) is 0 Å². The quantitative estimate of drug-likeness (QED) is 0.503. The smallest absolute Gasteiger partial charge is 0.0114 e. The minimum Gasteiger partial charge on any atom is -0.220 e. The summed E-state index contributed by atoms with van der Waals surface area (Å²) >= 11 is 0. The summed E-state index contributed by atoms with van der Waals surface area (Å²) < 4.78 is 0. The highest BCUT2D eigenvalue weighted by Crippen LogP contribution is 2.62. The van der Waals surface area contributed by atoms with Crippen molar-refractivity contribution in [3.8, 4) is 0 Å². The fourth-order valence-corrected chi connectivity index (χ4v) is 3.39. The SMILES string of the molecule is CC=CS1(CC)CC1. The fourth-order valence-electron chi connectivity index (χ4n) is 0.917. The van der Waals surface area contributed by atoms with Gasteiger partial charge in [0.25, 0.3) is 0 Å². The summed E-state index contributed by atoms with van der Waals surface area (Å²) in [4.78, 5) is 0. The Bertz CT molecular complexity index is 101. The minimum absolute atomic E-state index is 0.100. The van der Waals surface area contributed by atoms with Crippen LogP contribution in [-0.2, 0) is 0 Å². The van der Waals surface area contributed by atoms with E-state index >= 15 is 0 Å². The molecule has 0 saturated carbocycles. The van der Waals surface area contributed by atoms with Gasteiger partial charge in [-0.2, -0.15) is 0 Å².